The van der Waals surface area contributed by atoms with Gasteiger partial charge < -0.3 is 4.90 Å². The van der Waals surface area contributed by atoms with Crippen LogP contribution in [-0.4, -0.2) is 38.4 Å². The molecule has 5 nitrogen and oxygen atoms in total. The number of hydrogen-bond acceptors (Lipinski definition) is 3. The number of sulfonamides is 1. The minimum atomic E-state index is -3.60. The van der Waals surface area contributed by atoms with Crippen LogP contribution in [0.5, 0.6) is 0 Å². The number of carbonyl (C=O) groups is 1. The molecular weight excluding hydrogens is 408 g/mol. The van der Waals surface area contributed by atoms with Crippen molar-refractivity contribution < 1.29 is 13.2 Å². The van der Waals surface area contributed by atoms with Gasteiger partial charge in [0, 0.05) is 29.7 Å². The number of hydrogen-bond donors (Lipinski definition) is 1. The molecule has 1 aliphatic carbocycles. The van der Waals surface area contributed by atoms with Crippen LogP contribution in [0.2, 0.25) is 5.02 Å². The van der Waals surface area contributed by atoms with Crippen LogP contribution in [0.4, 0.5) is 0 Å². The van der Waals surface area contributed by atoms with Crippen LogP contribution in [-0.2, 0) is 16.4 Å². The second kappa shape index (κ2) is 8.46. The van der Waals surface area contributed by atoms with Crippen molar-refractivity contribution >= 4 is 27.5 Å². The van der Waals surface area contributed by atoms with Crippen molar-refractivity contribution in [1.82, 2.24) is 9.62 Å². The van der Waals surface area contributed by atoms with Gasteiger partial charge in [-0.2, -0.15) is 0 Å². The highest BCUT2D eigenvalue weighted by Gasteiger charge is 2.31. The van der Waals surface area contributed by atoms with E-state index in [9.17, 15) is 13.2 Å². The minimum Gasteiger partial charge on any atom is -0.335 e. The predicted molar refractivity (Wildman–Crippen MR) is 114 cm³/mol. The highest BCUT2D eigenvalue weighted by atomic mass is 35.5. The van der Waals surface area contributed by atoms with Crippen molar-refractivity contribution in [2.24, 2.45) is 5.92 Å². The summed E-state index contributed by atoms with van der Waals surface area (Å²) >= 11 is 6.30. The molecule has 1 heterocycles. The standard InChI is InChI=1S/C22H25ClN2O3S/c23-21-9-2-1-5-17(21)13-19-7-4-12-25(19)22(26)18-6-3-8-20(14-18)29(27,28)24-15-16-10-11-16/h1-3,5-6,8-9,14,16,19,24H,4,7,10-13,15H2. The van der Waals surface area contributed by atoms with E-state index in [-0.39, 0.29) is 16.8 Å². The Morgan fingerprint density at radius 2 is 1.90 bits per heavy atom. The van der Waals surface area contributed by atoms with Crippen molar-refractivity contribution in [3.63, 3.8) is 0 Å². The molecule has 154 valence electrons. The number of nitrogens with zero attached hydrogens (tertiary/aromatic N) is 1. The van der Waals surface area contributed by atoms with Crippen molar-refractivity contribution in [1.29, 1.82) is 0 Å². The van der Waals surface area contributed by atoms with Gasteiger partial charge in [0.05, 0.1) is 4.90 Å². The van der Waals surface area contributed by atoms with E-state index < -0.39 is 10.0 Å². The first-order chi connectivity index (χ1) is 13.9. The molecule has 1 saturated heterocycles. The van der Waals surface area contributed by atoms with Crippen LogP contribution in [0.3, 0.4) is 0 Å². The number of likely N-dealkylation sites (tertiary alicyclic amines) is 1. The van der Waals surface area contributed by atoms with Gasteiger partial charge >= 0.3 is 0 Å². The lowest BCUT2D eigenvalue weighted by Crippen LogP contribution is -2.37. The summed E-state index contributed by atoms with van der Waals surface area (Å²) in [5, 5.41) is 0.710. The number of amides is 1. The third-order valence-corrected chi connectivity index (χ3v) is 7.49. The molecule has 0 radical (unpaired) electrons. The smallest absolute Gasteiger partial charge is 0.254 e. The Bertz CT molecular complexity index is 1000. The zero-order valence-corrected chi connectivity index (χ0v) is 17.8. The molecule has 1 saturated carbocycles. The number of nitrogens with one attached hydrogen (secondary N) is 1. The van der Waals surface area contributed by atoms with Gasteiger partial charge in [-0.15, -0.1) is 0 Å². The summed E-state index contributed by atoms with van der Waals surface area (Å²) in [6.07, 6.45) is 4.69. The number of carbonyl (C=O) groups excluding carboxylic acids is 1. The molecule has 1 N–H and O–H groups in total. The zero-order chi connectivity index (χ0) is 20.4. The third-order valence-electron chi connectivity index (χ3n) is 5.70. The molecule has 0 aromatic heterocycles. The van der Waals surface area contributed by atoms with Crippen LogP contribution < -0.4 is 4.72 Å². The highest BCUT2D eigenvalue weighted by Crippen LogP contribution is 2.29. The summed E-state index contributed by atoms with van der Waals surface area (Å²) in [5.74, 6) is 0.323. The second-order valence-corrected chi connectivity index (χ2v) is 10.1. The minimum absolute atomic E-state index is 0.0654. The molecule has 2 aromatic rings. The van der Waals surface area contributed by atoms with Crippen molar-refractivity contribution in [3.8, 4) is 0 Å². The lowest BCUT2D eigenvalue weighted by Gasteiger charge is -2.25. The van der Waals surface area contributed by atoms with E-state index >= 15 is 0 Å². The van der Waals surface area contributed by atoms with Crippen molar-refractivity contribution in [2.45, 2.75) is 43.0 Å². The van der Waals surface area contributed by atoms with E-state index in [4.69, 9.17) is 11.6 Å². The fourth-order valence-electron chi connectivity index (χ4n) is 3.83. The summed E-state index contributed by atoms with van der Waals surface area (Å²) in [7, 11) is -3.60. The number of halogens is 1. The lowest BCUT2D eigenvalue weighted by atomic mass is 10.0. The molecular formula is C22H25ClN2O3S. The first-order valence-corrected chi connectivity index (χ1v) is 11.9. The van der Waals surface area contributed by atoms with E-state index in [0.717, 1.165) is 31.2 Å². The van der Waals surface area contributed by atoms with Crippen LogP contribution in [0.15, 0.2) is 53.4 Å². The van der Waals surface area contributed by atoms with Gasteiger partial charge in [0.1, 0.15) is 0 Å². The average molecular weight is 433 g/mol. The van der Waals surface area contributed by atoms with Gasteiger partial charge in [0.15, 0.2) is 0 Å². The second-order valence-electron chi connectivity index (χ2n) is 7.91. The monoisotopic (exact) mass is 432 g/mol. The Balaban J connectivity index is 1.50. The summed E-state index contributed by atoms with van der Waals surface area (Å²) in [4.78, 5) is 15.2. The fourth-order valence-corrected chi connectivity index (χ4v) is 5.20. The molecule has 2 fully saturated rings. The quantitative estimate of drug-likeness (QED) is 0.722. The Labute approximate surface area is 177 Å². The molecule has 2 aliphatic rings. The van der Waals surface area contributed by atoms with E-state index in [1.165, 1.54) is 12.1 Å². The first kappa shape index (κ1) is 20.4. The molecule has 29 heavy (non-hydrogen) atoms. The Kier molecular flexibility index (Phi) is 5.95. The molecule has 1 amide bonds. The maximum Gasteiger partial charge on any atom is 0.254 e. The molecule has 7 heteroatoms. The van der Waals surface area contributed by atoms with Gasteiger partial charge in [-0.25, -0.2) is 13.1 Å². The topological polar surface area (TPSA) is 66.5 Å². The van der Waals surface area contributed by atoms with E-state index in [0.29, 0.717) is 36.0 Å². The maximum absolute atomic E-state index is 13.2. The van der Waals surface area contributed by atoms with E-state index in [1.807, 2.05) is 29.2 Å². The molecule has 1 aliphatic heterocycles. The maximum atomic E-state index is 13.2. The van der Waals surface area contributed by atoms with Crippen LogP contribution >= 0.6 is 11.6 Å². The SMILES string of the molecule is O=C(c1cccc(S(=O)(=O)NCC2CC2)c1)N1CCCC1Cc1ccccc1Cl. The lowest BCUT2D eigenvalue weighted by molar-refractivity contribution is 0.0736. The molecule has 1 unspecified atom stereocenters. The summed E-state index contributed by atoms with van der Waals surface area (Å²) in [6, 6.07) is 14.1. The zero-order valence-electron chi connectivity index (χ0n) is 16.2. The van der Waals surface area contributed by atoms with Crippen LogP contribution in [0, 0.1) is 5.92 Å². The molecule has 0 spiro atoms. The predicted octanol–water partition coefficient (Wildman–Crippen LogP) is 3.88. The van der Waals surface area contributed by atoms with E-state index in [1.54, 1.807) is 12.1 Å². The Hall–Kier alpha value is -1.89. The third kappa shape index (κ3) is 4.82. The molecule has 2 aromatic carbocycles. The molecule has 0 bridgehead atoms. The van der Waals surface area contributed by atoms with Gasteiger partial charge in [0.25, 0.3) is 5.91 Å². The van der Waals surface area contributed by atoms with Crippen LogP contribution in [0.1, 0.15) is 41.6 Å². The molecule has 1 atom stereocenters. The average Bonchev–Trinajstić information content (AvgIpc) is 3.45. The molecule has 4 rings (SSSR count). The van der Waals surface area contributed by atoms with Crippen LogP contribution in [0.25, 0.3) is 0 Å². The largest absolute Gasteiger partial charge is 0.335 e. The van der Waals surface area contributed by atoms with Crippen molar-refractivity contribution in [3.05, 3.63) is 64.7 Å². The fraction of sp³-hybridized carbons (Fsp3) is 0.409. The summed E-state index contributed by atoms with van der Waals surface area (Å²) in [5.41, 5.74) is 1.44. The Morgan fingerprint density at radius 1 is 1.10 bits per heavy atom. The number of rotatable bonds is 7. The van der Waals surface area contributed by atoms with Gasteiger partial charge in [-0.3, -0.25) is 4.79 Å². The first-order valence-electron chi connectivity index (χ1n) is 10.1. The normalized spacial score (nSPS) is 19.5. The summed E-state index contributed by atoms with van der Waals surface area (Å²) in [6.45, 7) is 1.14. The van der Waals surface area contributed by atoms with Gasteiger partial charge in [0.2, 0.25) is 10.0 Å². The van der Waals surface area contributed by atoms with Gasteiger partial charge in [-0.05, 0) is 67.9 Å². The van der Waals surface area contributed by atoms with Gasteiger partial charge in [-0.1, -0.05) is 35.9 Å². The summed E-state index contributed by atoms with van der Waals surface area (Å²) < 4.78 is 27.8. The van der Waals surface area contributed by atoms with Crippen molar-refractivity contribution in [2.75, 3.05) is 13.1 Å². The van der Waals surface area contributed by atoms with E-state index in [2.05, 4.69) is 4.72 Å². The number of benzene rings is 2. The highest BCUT2D eigenvalue weighted by molar-refractivity contribution is 7.89. The Morgan fingerprint density at radius 3 is 2.66 bits per heavy atom.